The van der Waals surface area contributed by atoms with Crippen molar-refractivity contribution in [3.63, 3.8) is 0 Å². The first-order valence-electron chi connectivity index (χ1n) is 9.21. The molecule has 3 rings (SSSR count). The zero-order valence-corrected chi connectivity index (χ0v) is 17.0. The van der Waals surface area contributed by atoms with Crippen molar-refractivity contribution in [1.82, 2.24) is 9.78 Å². The number of halogens is 1. The average molecular weight is 407 g/mol. The molecule has 0 aliphatic carbocycles. The van der Waals surface area contributed by atoms with Crippen LogP contribution in [0.25, 0.3) is 0 Å². The first kappa shape index (κ1) is 20.9. The molecule has 0 saturated carbocycles. The monoisotopic (exact) mass is 407 g/mol. The number of aliphatic imine (C=N–C) groups is 2. The summed E-state index contributed by atoms with van der Waals surface area (Å²) in [6, 6.07) is 12.7. The number of hydrogen-bond donors (Lipinski definition) is 1. The molecule has 1 amide bonds. The molecule has 2 aromatic carbocycles. The minimum absolute atomic E-state index is 0.236. The molecular weight excluding hydrogens is 385 g/mol. The van der Waals surface area contributed by atoms with Gasteiger partial charge in [0.05, 0.1) is 17.6 Å². The fraction of sp³-hybridized carbons (Fsp3) is 0.182. The number of carbonyl (C=O) groups is 1. The molecule has 0 unspecified atom stereocenters. The van der Waals surface area contributed by atoms with Crippen LogP contribution in [0.2, 0.25) is 0 Å². The van der Waals surface area contributed by atoms with E-state index in [0.717, 1.165) is 11.3 Å². The standard InChI is InChI=1S/C22H22FN5O2/c1-14(27-22(25-2)16-6-4-5-15(11-16)21(24)29)19-12-26-28(3)20(19)13-30-18-9-7-17(23)8-10-18/h4-12H,13H2,1-3H3,(H2,24,29). The molecular formula is C22H22FN5O2. The van der Waals surface area contributed by atoms with Crippen molar-refractivity contribution in [3.05, 3.63) is 82.9 Å². The molecule has 2 N–H and O–H groups in total. The Kier molecular flexibility index (Phi) is 6.36. The number of nitrogens with two attached hydrogens (primary N) is 1. The van der Waals surface area contributed by atoms with E-state index in [1.807, 2.05) is 20.0 Å². The lowest BCUT2D eigenvalue weighted by Crippen LogP contribution is -2.12. The summed E-state index contributed by atoms with van der Waals surface area (Å²) < 4.78 is 20.5. The van der Waals surface area contributed by atoms with Gasteiger partial charge in [-0.1, -0.05) is 12.1 Å². The maximum atomic E-state index is 13.1. The van der Waals surface area contributed by atoms with E-state index < -0.39 is 5.91 Å². The Balaban J connectivity index is 1.86. The summed E-state index contributed by atoms with van der Waals surface area (Å²) in [6.45, 7) is 2.08. The van der Waals surface area contributed by atoms with E-state index in [0.29, 0.717) is 28.4 Å². The number of nitrogens with zero attached hydrogens (tertiary/aromatic N) is 4. The van der Waals surface area contributed by atoms with Gasteiger partial charge in [-0.15, -0.1) is 0 Å². The number of amides is 1. The SMILES string of the molecule is CN=C(N=C(C)c1cnn(C)c1COc1ccc(F)cc1)c1cccc(C(N)=O)c1. The minimum Gasteiger partial charge on any atom is -0.487 e. The second kappa shape index (κ2) is 9.13. The first-order valence-corrected chi connectivity index (χ1v) is 9.21. The van der Waals surface area contributed by atoms with E-state index in [-0.39, 0.29) is 12.4 Å². The maximum absolute atomic E-state index is 13.1. The first-order chi connectivity index (χ1) is 14.4. The van der Waals surface area contributed by atoms with Crippen LogP contribution in [-0.4, -0.2) is 34.3 Å². The van der Waals surface area contributed by atoms with Crippen molar-refractivity contribution in [1.29, 1.82) is 0 Å². The number of amidine groups is 1. The van der Waals surface area contributed by atoms with Gasteiger partial charge in [0, 0.05) is 30.8 Å². The average Bonchev–Trinajstić information content (AvgIpc) is 3.12. The highest BCUT2D eigenvalue weighted by Crippen LogP contribution is 2.17. The highest BCUT2D eigenvalue weighted by molar-refractivity contribution is 6.12. The van der Waals surface area contributed by atoms with E-state index in [4.69, 9.17) is 10.5 Å². The van der Waals surface area contributed by atoms with Crippen LogP contribution in [0.3, 0.4) is 0 Å². The van der Waals surface area contributed by atoms with Crippen molar-refractivity contribution in [2.75, 3.05) is 7.05 Å². The summed E-state index contributed by atoms with van der Waals surface area (Å²) >= 11 is 0. The molecule has 1 heterocycles. The van der Waals surface area contributed by atoms with Gasteiger partial charge in [0.2, 0.25) is 5.91 Å². The third-order valence-corrected chi connectivity index (χ3v) is 4.53. The second-order valence-corrected chi connectivity index (χ2v) is 6.56. The van der Waals surface area contributed by atoms with E-state index in [1.165, 1.54) is 12.1 Å². The Morgan fingerprint density at radius 2 is 1.90 bits per heavy atom. The Bertz CT molecular complexity index is 1120. The number of hydrogen-bond acceptors (Lipinski definition) is 4. The van der Waals surface area contributed by atoms with Gasteiger partial charge in [0.15, 0.2) is 5.84 Å². The Morgan fingerprint density at radius 3 is 2.57 bits per heavy atom. The normalized spacial score (nSPS) is 12.1. The van der Waals surface area contributed by atoms with E-state index >= 15 is 0 Å². The molecule has 0 radical (unpaired) electrons. The largest absolute Gasteiger partial charge is 0.487 e. The van der Waals surface area contributed by atoms with Crippen molar-refractivity contribution >= 4 is 17.5 Å². The van der Waals surface area contributed by atoms with Crippen LogP contribution in [0, 0.1) is 5.82 Å². The maximum Gasteiger partial charge on any atom is 0.248 e. The molecule has 0 spiro atoms. The van der Waals surface area contributed by atoms with Crippen LogP contribution in [0.5, 0.6) is 5.75 Å². The molecule has 0 aliphatic rings. The number of ether oxygens (including phenoxy) is 1. The lowest BCUT2D eigenvalue weighted by Gasteiger charge is -2.10. The number of primary amides is 1. The third kappa shape index (κ3) is 4.78. The molecule has 154 valence electrons. The highest BCUT2D eigenvalue weighted by atomic mass is 19.1. The van der Waals surface area contributed by atoms with Gasteiger partial charge in [-0.2, -0.15) is 5.10 Å². The Hall–Kier alpha value is -3.81. The Labute approximate surface area is 173 Å². The van der Waals surface area contributed by atoms with Crippen LogP contribution in [-0.2, 0) is 13.7 Å². The number of aromatic nitrogens is 2. The molecule has 8 heteroatoms. The molecule has 0 bridgehead atoms. The van der Waals surface area contributed by atoms with E-state index in [2.05, 4.69) is 15.1 Å². The number of rotatable bonds is 6. The molecule has 0 aliphatic heterocycles. The zero-order chi connectivity index (χ0) is 21.7. The van der Waals surface area contributed by atoms with Crippen LogP contribution in [0.1, 0.15) is 34.1 Å². The molecule has 7 nitrogen and oxygen atoms in total. The number of aryl methyl sites for hydroxylation is 1. The molecule has 30 heavy (non-hydrogen) atoms. The predicted molar refractivity (Wildman–Crippen MR) is 114 cm³/mol. The van der Waals surface area contributed by atoms with Crippen LogP contribution in [0.15, 0.2) is 64.7 Å². The van der Waals surface area contributed by atoms with Crippen LogP contribution in [0.4, 0.5) is 4.39 Å². The second-order valence-electron chi connectivity index (χ2n) is 6.56. The van der Waals surface area contributed by atoms with Crippen molar-refractivity contribution < 1.29 is 13.9 Å². The zero-order valence-electron chi connectivity index (χ0n) is 17.0. The van der Waals surface area contributed by atoms with Crippen molar-refractivity contribution in [2.45, 2.75) is 13.5 Å². The summed E-state index contributed by atoms with van der Waals surface area (Å²) in [7, 11) is 3.44. The summed E-state index contributed by atoms with van der Waals surface area (Å²) in [5, 5.41) is 4.30. The van der Waals surface area contributed by atoms with Gasteiger partial charge in [-0.05, 0) is 43.3 Å². The topological polar surface area (TPSA) is 94.9 Å². The van der Waals surface area contributed by atoms with Crippen molar-refractivity contribution in [3.8, 4) is 5.75 Å². The predicted octanol–water partition coefficient (Wildman–Crippen LogP) is 3.12. The molecule has 0 saturated heterocycles. The van der Waals surface area contributed by atoms with E-state index in [1.54, 1.807) is 48.3 Å². The van der Waals surface area contributed by atoms with Gasteiger partial charge in [-0.3, -0.25) is 14.5 Å². The van der Waals surface area contributed by atoms with Crippen LogP contribution >= 0.6 is 0 Å². The van der Waals surface area contributed by atoms with Gasteiger partial charge < -0.3 is 10.5 Å². The molecule has 0 fully saturated rings. The highest BCUT2D eigenvalue weighted by Gasteiger charge is 2.14. The molecule has 3 aromatic rings. The third-order valence-electron chi connectivity index (χ3n) is 4.53. The van der Waals surface area contributed by atoms with Gasteiger partial charge >= 0.3 is 0 Å². The summed E-state index contributed by atoms with van der Waals surface area (Å²) in [5.74, 6) is 0.181. The lowest BCUT2D eigenvalue weighted by atomic mass is 10.1. The van der Waals surface area contributed by atoms with Gasteiger partial charge in [0.1, 0.15) is 18.2 Å². The lowest BCUT2D eigenvalue weighted by molar-refractivity contribution is 0.100. The summed E-state index contributed by atoms with van der Waals surface area (Å²) in [5.41, 5.74) is 8.73. The van der Waals surface area contributed by atoms with Gasteiger partial charge in [-0.25, -0.2) is 9.38 Å². The Morgan fingerprint density at radius 1 is 1.20 bits per heavy atom. The molecule has 0 atom stereocenters. The minimum atomic E-state index is -0.513. The van der Waals surface area contributed by atoms with Crippen molar-refractivity contribution in [2.24, 2.45) is 22.8 Å². The van der Waals surface area contributed by atoms with Gasteiger partial charge in [0.25, 0.3) is 0 Å². The van der Waals surface area contributed by atoms with E-state index in [9.17, 15) is 9.18 Å². The smallest absolute Gasteiger partial charge is 0.248 e. The van der Waals surface area contributed by atoms with Crippen LogP contribution < -0.4 is 10.5 Å². The summed E-state index contributed by atoms with van der Waals surface area (Å²) in [4.78, 5) is 20.3. The quantitative estimate of drug-likeness (QED) is 0.502. The number of benzene rings is 2. The fourth-order valence-corrected chi connectivity index (χ4v) is 2.89. The summed E-state index contributed by atoms with van der Waals surface area (Å²) in [6.07, 6.45) is 1.70. The molecule has 1 aromatic heterocycles. The number of carbonyl (C=O) groups excluding carboxylic acids is 1. The fourth-order valence-electron chi connectivity index (χ4n) is 2.89.